The predicted molar refractivity (Wildman–Crippen MR) is 84.4 cm³/mol. The number of carbonyl (C=O) groups excluding carboxylic acids is 1. The summed E-state index contributed by atoms with van der Waals surface area (Å²) in [6, 6.07) is 7.87. The van der Waals surface area contributed by atoms with Gasteiger partial charge in [-0.1, -0.05) is 0 Å². The maximum absolute atomic E-state index is 11.1. The first-order valence-corrected chi connectivity index (χ1v) is 7.26. The number of hydrogen-bond donors (Lipinski definition) is 2. The molecule has 2 rings (SSSR count). The van der Waals surface area contributed by atoms with E-state index < -0.39 is 18.6 Å². The lowest BCUT2D eigenvalue weighted by atomic mass is 10.2. The third kappa shape index (κ3) is 4.49. The fraction of sp³-hybridized carbons (Fsp3) is 0.200. The van der Waals surface area contributed by atoms with Gasteiger partial charge in [0.15, 0.2) is 0 Å². The number of carboxylic acids is 1. The zero-order chi connectivity index (χ0) is 15.9. The number of nitrogens with one attached hydrogen (secondary N) is 1. The minimum Gasteiger partial charge on any atom is -0.497 e. The molecule has 6 nitrogen and oxygen atoms in total. The number of fused-ring (bicyclic) bond motifs is 1. The maximum atomic E-state index is 11.1. The van der Waals surface area contributed by atoms with Crippen molar-refractivity contribution in [3.05, 3.63) is 35.2 Å². The van der Waals surface area contributed by atoms with Gasteiger partial charge in [0.1, 0.15) is 18.9 Å². The summed E-state index contributed by atoms with van der Waals surface area (Å²) in [5, 5.41) is 11.6. The number of ether oxygens (including phenoxy) is 2. The highest BCUT2D eigenvalue weighted by atomic mass is 32.1. The van der Waals surface area contributed by atoms with E-state index in [1.54, 1.807) is 24.5 Å². The van der Waals surface area contributed by atoms with Crippen molar-refractivity contribution >= 4 is 39.6 Å². The highest BCUT2D eigenvalue weighted by Gasteiger charge is 2.03. The van der Waals surface area contributed by atoms with E-state index in [4.69, 9.17) is 14.6 Å². The van der Waals surface area contributed by atoms with Crippen LogP contribution in [0.3, 0.4) is 0 Å². The van der Waals surface area contributed by atoms with Gasteiger partial charge in [0.2, 0.25) is 0 Å². The molecule has 0 bridgehead atoms. The van der Waals surface area contributed by atoms with E-state index in [1.807, 2.05) is 30.3 Å². The second kappa shape index (κ2) is 7.46. The number of alkyl carbamates (subject to hydrolysis) is 1. The second-order valence-corrected chi connectivity index (χ2v) is 5.42. The van der Waals surface area contributed by atoms with Gasteiger partial charge in [-0.2, -0.15) is 0 Å². The monoisotopic (exact) mass is 321 g/mol. The molecule has 0 aliphatic carbocycles. The van der Waals surface area contributed by atoms with Crippen LogP contribution in [0.1, 0.15) is 4.88 Å². The van der Waals surface area contributed by atoms with Gasteiger partial charge >= 0.3 is 12.1 Å². The molecule has 1 amide bonds. The molecule has 7 heteroatoms. The summed E-state index contributed by atoms with van der Waals surface area (Å²) in [4.78, 5) is 22.4. The summed E-state index contributed by atoms with van der Waals surface area (Å²) in [7, 11) is 1.63. The molecule has 1 heterocycles. The van der Waals surface area contributed by atoms with Crippen LogP contribution in [0.15, 0.2) is 30.3 Å². The van der Waals surface area contributed by atoms with Gasteiger partial charge < -0.3 is 19.9 Å². The summed E-state index contributed by atoms with van der Waals surface area (Å²) in [6.45, 7) is -0.385. The van der Waals surface area contributed by atoms with Gasteiger partial charge in [-0.25, -0.2) is 4.79 Å². The van der Waals surface area contributed by atoms with Crippen LogP contribution < -0.4 is 10.1 Å². The zero-order valence-electron chi connectivity index (χ0n) is 11.9. The standard InChI is InChI=1S/C15H15NO5S/c1-20-11-4-5-13-10(7-11)8-12(22-13)3-2-6-21-15(19)16-9-14(17)18/h2-5,7-8H,6,9H2,1H3,(H,16,19)(H,17,18). The van der Waals surface area contributed by atoms with Crippen LogP contribution in [-0.4, -0.2) is 37.4 Å². The van der Waals surface area contributed by atoms with Crippen molar-refractivity contribution in [1.29, 1.82) is 0 Å². The minimum absolute atomic E-state index is 0.0724. The smallest absolute Gasteiger partial charge is 0.407 e. The van der Waals surface area contributed by atoms with Crippen molar-refractivity contribution in [2.24, 2.45) is 0 Å². The molecule has 0 radical (unpaired) electrons. The molecule has 2 N–H and O–H groups in total. The molecular weight excluding hydrogens is 306 g/mol. The molecule has 0 saturated heterocycles. The van der Waals surface area contributed by atoms with Crippen LogP contribution in [0.2, 0.25) is 0 Å². The summed E-state index contributed by atoms with van der Waals surface area (Å²) >= 11 is 1.61. The Bertz CT molecular complexity index is 707. The molecule has 2 aromatic rings. The lowest BCUT2D eigenvalue weighted by Crippen LogP contribution is -2.29. The van der Waals surface area contributed by atoms with E-state index >= 15 is 0 Å². The number of hydrogen-bond acceptors (Lipinski definition) is 5. The first-order valence-electron chi connectivity index (χ1n) is 6.45. The Morgan fingerprint density at radius 3 is 2.91 bits per heavy atom. The Balaban J connectivity index is 1.88. The third-order valence-electron chi connectivity index (χ3n) is 2.72. The number of benzene rings is 1. The largest absolute Gasteiger partial charge is 0.497 e. The number of aliphatic carboxylic acids is 1. The predicted octanol–water partition coefficient (Wildman–Crippen LogP) is 2.73. The van der Waals surface area contributed by atoms with Gasteiger partial charge in [-0.05, 0) is 41.8 Å². The third-order valence-corrected chi connectivity index (χ3v) is 3.80. The molecule has 0 unspecified atom stereocenters. The Kier molecular flexibility index (Phi) is 5.37. The van der Waals surface area contributed by atoms with E-state index in [2.05, 4.69) is 5.32 Å². The van der Waals surface area contributed by atoms with Crippen LogP contribution in [0.4, 0.5) is 4.79 Å². The van der Waals surface area contributed by atoms with Crippen molar-refractivity contribution in [3.8, 4) is 5.75 Å². The minimum atomic E-state index is -1.12. The van der Waals surface area contributed by atoms with Crippen molar-refractivity contribution in [1.82, 2.24) is 5.32 Å². The quantitative estimate of drug-likeness (QED) is 0.854. The van der Waals surface area contributed by atoms with Crippen LogP contribution in [0.5, 0.6) is 5.75 Å². The highest BCUT2D eigenvalue weighted by molar-refractivity contribution is 7.19. The Morgan fingerprint density at radius 2 is 2.18 bits per heavy atom. The van der Waals surface area contributed by atoms with E-state index in [0.717, 1.165) is 20.7 Å². The zero-order valence-corrected chi connectivity index (χ0v) is 12.7. The number of carboxylic acid groups (broad SMARTS) is 1. The lowest BCUT2D eigenvalue weighted by molar-refractivity contribution is -0.135. The van der Waals surface area contributed by atoms with Gasteiger partial charge in [-0.15, -0.1) is 11.3 Å². The summed E-state index contributed by atoms with van der Waals surface area (Å²) < 4.78 is 11.1. The maximum Gasteiger partial charge on any atom is 0.407 e. The van der Waals surface area contributed by atoms with Crippen molar-refractivity contribution in [3.63, 3.8) is 0 Å². The first-order chi connectivity index (χ1) is 10.6. The number of carbonyl (C=O) groups is 2. The van der Waals surface area contributed by atoms with Crippen LogP contribution in [0.25, 0.3) is 16.2 Å². The summed E-state index contributed by atoms with van der Waals surface area (Å²) in [5.41, 5.74) is 0. The molecule has 22 heavy (non-hydrogen) atoms. The molecular formula is C15H15NO5S. The summed E-state index contributed by atoms with van der Waals surface area (Å²) in [5.74, 6) is -0.313. The average Bonchev–Trinajstić information content (AvgIpc) is 2.91. The molecule has 1 aromatic heterocycles. The normalized spacial score (nSPS) is 10.8. The molecule has 116 valence electrons. The van der Waals surface area contributed by atoms with E-state index in [-0.39, 0.29) is 6.61 Å². The molecule has 1 aromatic carbocycles. The van der Waals surface area contributed by atoms with Gasteiger partial charge in [0, 0.05) is 9.58 Å². The van der Waals surface area contributed by atoms with E-state index in [0.29, 0.717) is 0 Å². The van der Waals surface area contributed by atoms with Crippen molar-refractivity contribution in [2.75, 3.05) is 20.3 Å². The Labute approximate surface area is 131 Å². The van der Waals surface area contributed by atoms with Crippen molar-refractivity contribution in [2.45, 2.75) is 0 Å². The van der Waals surface area contributed by atoms with E-state index in [9.17, 15) is 9.59 Å². The average molecular weight is 321 g/mol. The Morgan fingerprint density at radius 1 is 1.36 bits per heavy atom. The van der Waals surface area contributed by atoms with Gasteiger partial charge in [-0.3, -0.25) is 4.79 Å². The fourth-order valence-corrected chi connectivity index (χ4v) is 2.71. The fourth-order valence-electron chi connectivity index (χ4n) is 1.74. The van der Waals surface area contributed by atoms with Crippen LogP contribution in [0, 0.1) is 0 Å². The van der Waals surface area contributed by atoms with Crippen LogP contribution >= 0.6 is 11.3 Å². The highest BCUT2D eigenvalue weighted by Crippen LogP contribution is 2.29. The van der Waals surface area contributed by atoms with Gasteiger partial charge in [0.25, 0.3) is 0 Å². The molecule has 0 aliphatic heterocycles. The van der Waals surface area contributed by atoms with E-state index in [1.165, 1.54) is 0 Å². The molecule has 0 spiro atoms. The molecule has 0 fully saturated rings. The number of amides is 1. The van der Waals surface area contributed by atoms with Gasteiger partial charge in [0.05, 0.1) is 7.11 Å². The molecule has 0 atom stereocenters. The topological polar surface area (TPSA) is 84.9 Å². The van der Waals surface area contributed by atoms with Crippen molar-refractivity contribution < 1.29 is 24.2 Å². The number of rotatable bonds is 6. The second-order valence-electron chi connectivity index (χ2n) is 4.30. The number of methoxy groups -OCH3 is 1. The first kappa shape index (κ1) is 15.8. The Hall–Kier alpha value is -2.54. The van der Waals surface area contributed by atoms with Crippen LogP contribution in [-0.2, 0) is 9.53 Å². The number of thiophene rings is 1. The summed E-state index contributed by atoms with van der Waals surface area (Å²) in [6.07, 6.45) is 2.79. The SMILES string of the molecule is COc1ccc2sc(C=CCOC(=O)NCC(=O)O)cc2c1. The molecule has 0 saturated carbocycles. The molecule has 0 aliphatic rings. The lowest BCUT2D eigenvalue weighted by Gasteiger charge is -2.01.